The molecule has 1 aromatic carbocycles. The summed E-state index contributed by atoms with van der Waals surface area (Å²) in [5, 5.41) is 9.13. The van der Waals surface area contributed by atoms with Crippen LogP contribution in [0.2, 0.25) is 0 Å². The van der Waals surface area contributed by atoms with Gasteiger partial charge in [0.2, 0.25) is 5.89 Å². The molecular weight excluding hydrogens is 250 g/mol. The lowest BCUT2D eigenvalue weighted by Crippen LogP contribution is -2.12. The lowest BCUT2D eigenvalue weighted by atomic mass is 10.1. The van der Waals surface area contributed by atoms with Gasteiger partial charge in [-0.1, -0.05) is 6.07 Å². The van der Waals surface area contributed by atoms with Gasteiger partial charge in [0.25, 0.3) is 0 Å². The molecular formula is C13H13NO3S. The second-order valence-electron chi connectivity index (χ2n) is 4.66. The van der Waals surface area contributed by atoms with Crippen molar-refractivity contribution < 1.29 is 14.3 Å². The van der Waals surface area contributed by atoms with E-state index in [1.807, 2.05) is 11.8 Å². The largest absolute Gasteiger partial charge is 0.478 e. The zero-order valence-corrected chi connectivity index (χ0v) is 10.8. The minimum Gasteiger partial charge on any atom is -0.478 e. The molecule has 1 N–H and O–H groups in total. The number of thioether (sulfide) groups is 1. The number of rotatable bonds is 2. The van der Waals surface area contributed by atoms with Gasteiger partial charge < -0.3 is 9.52 Å². The molecule has 0 bridgehead atoms. The van der Waals surface area contributed by atoms with Crippen molar-refractivity contribution in [1.29, 1.82) is 0 Å². The molecule has 0 radical (unpaired) electrons. The van der Waals surface area contributed by atoms with Crippen LogP contribution >= 0.6 is 11.8 Å². The molecule has 1 saturated heterocycles. The third-order valence-corrected chi connectivity index (χ3v) is 4.83. The molecule has 4 nitrogen and oxygen atoms in total. The fraction of sp³-hybridized carbons (Fsp3) is 0.385. The molecule has 94 valence electrons. The first kappa shape index (κ1) is 11.6. The second kappa shape index (κ2) is 4.02. The molecule has 2 aromatic rings. The van der Waals surface area contributed by atoms with Crippen LogP contribution in [0.3, 0.4) is 0 Å². The third kappa shape index (κ3) is 1.70. The molecule has 1 aliphatic rings. The van der Waals surface area contributed by atoms with E-state index >= 15 is 0 Å². The third-order valence-electron chi connectivity index (χ3n) is 3.32. The van der Waals surface area contributed by atoms with Gasteiger partial charge in [0.1, 0.15) is 11.1 Å². The SMILES string of the molecule is CC1(c2nc3cccc(C(=O)O)c3o2)CCCS1. The quantitative estimate of drug-likeness (QED) is 0.900. The number of aromatic carboxylic acids is 1. The Morgan fingerprint density at radius 1 is 1.56 bits per heavy atom. The Bertz CT molecular complexity index is 614. The number of para-hydroxylation sites is 1. The smallest absolute Gasteiger partial charge is 0.339 e. The molecule has 5 heteroatoms. The second-order valence-corrected chi connectivity index (χ2v) is 6.26. The summed E-state index contributed by atoms with van der Waals surface area (Å²) in [5.41, 5.74) is 1.19. The Balaban J connectivity index is 2.16. The van der Waals surface area contributed by atoms with Crippen molar-refractivity contribution in [2.45, 2.75) is 24.5 Å². The summed E-state index contributed by atoms with van der Waals surface area (Å²) in [6.07, 6.45) is 2.17. The van der Waals surface area contributed by atoms with Crippen molar-refractivity contribution >= 4 is 28.8 Å². The van der Waals surface area contributed by atoms with E-state index in [1.165, 1.54) is 0 Å². The van der Waals surface area contributed by atoms with E-state index in [4.69, 9.17) is 9.52 Å². The van der Waals surface area contributed by atoms with Gasteiger partial charge in [-0.2, -0.15) is 0 Å². The summed E-state index contributed by atoms with van der Waals surface area (Å²) in [7, 11) is 0. The number of aromatic nitrogens is 1. The summed E-state index contributed by atoms with van der Waals surface area (Å²) >= 11 is 1.82. The van der Waals surface area contributed by atoms with Crippen molar-refractivity contribution in [2.75, 3.05) is 5.75 Å². The highest BCUT2D eigenvalue weighted by molar-refractivity contribution is 8.00. The number of nitrogens with zero attached hydrogens (tertiary/aromatic N) is 1. The molecule has 1 unspecified atom stereocenters. The predicted octanol–water partition coefficient (Wildman–Crippen LogP) is 3.27. The highest BCUT2D eigenvalue weighted by Gasteiger charge is 2.36. The van der Waals surface area contributed by atoms with E-state index in [0.717, 1.165) is 18.6 Å². The predicted molar refractivity (Wildman–Crippen MR) is 70.0 cm³/mol. The van der Waals surface area contributed by atoms with Crippen molar-refractivity contribution in [3.63, 3.8) is 0 Å². The summed E-state index contributed by atoms with van der Waals surface area (Å²) in [5.74, 6) is 0.766. The van der Waals surface area contributed by atoms with Gasteiger partial charge in [-0.3, -0.25) is 0 Å². The highest BCUT2D eigenvalue weighted by Crippen LogP contribution is 2.46. The monoisotopic (exact) mass is 263 g/mol. The summed E-state index contributed by atoms with van der Waals surface area (Å²) in [6.45, 7) is 2.11. The molecule has 0 aliphatic carbocycles. The minimum absolute atomic E-state index is 0.116. The molecule has 1 aliphatic heterocycles. The van der Waals surface area contributed by atoms with Crippen LogP contribution in [0.25, 0.3) is 11.1 Å². The van der Waals surface area contributed by atoms with Gasteiger partial charge in [0.15, 0.2) is 5.58 Å². The Morgan fingerprint density at radius 2 is 2.39 bits per heavy atom. The highest BCUT2D eigenvalue weighted by atomic mass is 32.2. The van der Waals surface area contributed by atoms with Crippen LogP contribution in [0.4, 0.5) is 0 Å². The maximum Gasteiger partial charge on any atom is 0.339 e. The van der Waals surface area contributed by atoms with E-state index in [-0.39, 0.29) is 10.3 Å². The lowest BCUT2D eigenvalue weighted by Gasteiger charge is -2.17. The number of fused-ring (bicyclic) bond motifs is 1. The van der Waals surface area contributed by atoms with Crippen LogP contribution in [0.15, 0.2) is 22.6 Å². The fourth-order valence-corrected chi connectivity index (χ4v) is 3.53. The number of carboxylic acid groups (broad SMARTS) is 1. The van der Waals surface area contributed by atoms with Crippen LogP contribution in [0.5, 0.6) is 0 Å². The first-order chi connectivity index (χ1) is 8.60. The van der Waals surface area contributed by atoms with Crippen LogP contribution in [0, 0.1) is 0 Å². The van der Waals surface area contributed by atoms with Gasteiger partial charge in [-0.25, -0.2) is 9.78 Å². The standard InChI is InChI=1S/C13H13NO3S/c1-13(6-3-7-18-13)12-14-9-5-2-4-8(11(15)16)10(9)17-12/h2,4-5H,3,6-7H2,1H3,(H,15,16). The number of oxazole rings is 1. The maximum absolute atomic E-state index is 11.1. The minimum atomic E-state index is -0.979. The van der Waals surface area contributed by atoms with Crippen molar-refractivity contribution in [2.24, 2.45) is 0 Å². The zero-order valence-electron chi connectivity index (χ0n) is 9.97. The van der Waals surface area contributed by atoms with Gasteiger partial charge in [-0.05, 0) is 37.7 Å². The van der Waals surface area contributed by atoms with Crippen molar-refractivity contribution in [3.8, 4) is 0 Å². The average Bonchev–Trinajstić information content (AvgIpc) is 2.94. The summed E-state index contributed by atoms with van der Waals surface area (Å²) < 4.78 is 5.62. The summed E-state index contributed by atoms with van der Waals surface area (Å²) in [6, 6.07) is 5.03. The Kier molecular flexibility index (Phi) is 2.59. The number of hydrogen-bond donors (Lipinski definition) is 1. The van der Waals surface area contributed by atoms with E-state index in [0.29, 0.717) is 17.0 Å². The molecule has 1 atom stereocenters. The maximum atomic E-state index is 11.1. The first-order valence-electron chi connectivity index (χ1n) is 5.87. The Morgan fingerprint density at radius 3 is 3.06 bits per heavy atom. The molecule has 1 aromatic heterocycles. The molecule has 18 heavy (non-hydrogen) atoms. The first-order valence-corrected chi connectivity index (χ1v) is 6.86. The normalized spacial score (nSPS) is 23.6. The number of benzene rings is 1. The van der Waals surface area contributed by atoms with Gasteiger partial charge in [0.05, 0.1) is 4.75 Å². The molecule has 0 saturated carbocycles. The zero-order chi connectivity index (χ0) is 12.8. The van der Waals surface area contributed by atoms with E-state index in [9.17, 15) is 4.79 Å². The summed E-state index contributed by atoms with van der Waals surface area (Å²) in [4.78, 5) is 15.6. The van der Waals surface area contributed by atoms with Gasteiger partial charge in [-0.15, -0.1) is 11.8 Å². The molecule has 2 heterocycles. The van der Waals surface area contributed by atoms with Crippen LogP contribution in [-0.4, -0.2) is 21.8 Å². The van der Waals surface area contributed by atoms with Crippen molar-refractivity contribution in [3.05, 3.63) is 29.7 Å². The topological polar surface area (TPSA) is 63.3 Å². The van der Waals surface area contributed by atoms with Gasteiger partial charge in [0, 0.05) is 0 Å². The molecule has 0 spiro atoms. The number of carbonyl (C=O) groups is 1. The van der Waals surface area contributed by atoms with Crippen LogP contribution in [0.1, 0.15) is 36.0 Å². The van der Waals surface area contributed by atoms with Crippen LogP contribution in [-0.2, 0) is 4.75 Å². The Hall–Kier alpha value is -1.49. The molecule has 1 fully saturated rings. The van der Waals surface area contributed by atoms with Crippen molar-refractivity contribution in [1.82, 2.24) is 4.98 Å². The van der Waals surface area contributed by atoms with E-state index < -0.39 is 5.97 Å². The van der Waals surface area contributed by atoms with E-state index in [2.05, 4.69) is 11.9 Å². The average molecular weight is 263 g/mol. The Labute approximate surface area is 108 Å². The fourth-order valence-electron chi connectivity index (χ4n) is 2.29. The van der Waals surface area contributed by atoms with Gasteiger partial charge >= 0.3 is 5.97 Å². The number of carboxylic acids is 1. The van der Waals surface area contributed by atoms with Crippen LogP contribution < -0.4 is 0 Å². The molecule has 0 amide bonds. The van der Waals surface area contributed by atoms with E-state index in [1.54, 1.807) is 18.2 Å². The molecule has 3 rings (SSSR count). The lowest BCUT2D eigenvalue weighted by molar-refractivity contribution is 0.0697. The number of hydrogen-bond acceptors (Lipinski definition) is 4.